The van der Waals surface area contributed by atoms with Gasteiger partial charge in [-0.1, -0.05) is 18.7 Å². The summed E-state index contributed by atoms with van der Waals surface area (Å²) in [6.45, 7) is 6.81. The molecule has 1 aliphatic rings. The molecule has 1 aromatic rings. The molecule has 1 heterocycles. The molecule has 0 bridgehead atoms. The normalized spacial score (nSPS) is 17.5. The zero-order valence-corrected chi connectivity index (χ0v) is 13.7. The number of esters is 1. The number of likely N-dealkylation sites (N-methyl/N-ethyl adjacent to an activating group) is 1. The van der Waals surface area contributed by atoms with Crippen LogP contribution in [0.1, 0.15) is 46.1 Å². The van der Waals surface area contributed by atoms with Crippen LogP contribution in [0.5, 0.6) is 0 Å². The van der Waals surface area contributed by atoms with Gasteiger partial charge in [-0.05, 0) is 50.1 Å². The molecule has 1 atom stereocenters. The number of hydrogen-bond donors (Lipinski definition) is 1. The lowest BCUT2D eigenvalue weighted by atomic mass is 9.99. The molecule has 0 spiro atoms. The Hall–Kier alpha value is -1.15. The Morgan fingerprint density at radius 2 is 2.29 bits per heavy atom. The molecule has 118 valence electrons. The van der Waals surface area contributed by atoms with Crippen molar-refractivity contribution in [2.45, 2.75) is 56.8 Å². The molecule has 0 aromatic carbocycles. The maximum Gasteiger partial charge on any atom is 0.326 e. The molecule has 1 fully saturated rings. The number of aromatic nitrogens is 4. The maximum absolute atomic E-state index is 12.1. The van der Waals surface area contributed by atoms with E-state index in [0.29, 0.717) is 19.1 Å². The highest BCUT2D eigenvalue weighted by molar-refractivity contribution is 7.99. The second kappa shape index (κ2) is 7.22. The van der Waals surface area contributed by atoms with Crippen molar-refractivity contribution in [2.75, 3.05) is 18.9 Å². The Morgan fingerprint density at radius 3 is 2.90 bits per heavy atom. The highest BCUT2D eigenvalue weighted by atomic mass is 32.2. The Balaban J connectivity index is 1.89. The molecule has 0 aliphatic heterocycles. The number of carbonyl (C=O) groups is 1. The number of nitrogens with zero attached hydrogens (tertiary/aromatic N) is 4. The summed E-state index contributed by atoms with van der Waals surface area (Å²) < 4.78 is 7.05. The van der Waals surface area contributed by atoms with Gasteiger partial charge in [0.25, 0.3) is 0 Å². The third kappa shape index (κ3) is 4.16. The Kier molecular flexibility index (Phi) is 5.58. The number of thioether (sulfide) groups is 1. The van der Waals surface area contributed by atoms with Crippen LogP contribution < -0.4 is 5.32 Å². The summed E-state index contributed by atoms with van der Waals surface area (Å²) in [6, 6.07) is 0.465. The predicted molar refractivity (Wildman–Crippen MR) is 80.1 cm³/mol. The zero-order chi connectivity index (χ0) is 15.3. The van der Waals surface area contributed by atoms with Crippen LogP contribution in [0.25, 0.3) is 0 Å². The van der Waals surface area contributed by atoms with Crippen LogP contribution in [-0.2, 0) is 9.53 Å². The van der Waals surface area contributed by atoms with E-state index in [-0.39, 0.29) is 5.97 Å². The van der Waals surface area contributed by atoms with Crippen LogP contribution >= 0.6 is 11.8 Å². The van der Waals surface area contributed by atoms with Crippen molar-refractivity contribution < 1.29 is 9.53 Å². The molecule has 1 unspecified atom stereocenters. The summed E-state index contributed by atoms with van der Waals surface area (Å²) in [7, 11) is 0. The van der Waals surface area contributed by atoms with Gasteiger partial charge in [0, 0.05) is 5.75 Å². The first-order valence-electron chi connectivity index (χ1n) is 7.43. The monoisotopic (exact) mass is 313 g/mol. The van der Waals surface area contributed by atoms with Crippen LogP contribution in [0.2, 0.25) is 0 Å². The highest BCUT2D eigenvalue weighted by Crippen LogP contribution is 2.36. The third-order valence-electron chi connectivity index (χ3n) is 3.48. The van der Waals surface area contributed by atoms with Gasteiger partial charge in [0.05, 0.1) is 12.6 Å². The van der Waals surface area contributed by atoms with E-state index in [4.69, 9.17) is 4.74 Å². The highest BCUT2D eigenvalue weighted by Gasteiger charge is 2.34. The fourth-order valence-electron chi connectivity index (χ4n) is 2.12. The molecular formula is C13H23N5O2S. The number of ether oxygens (including phenoxy) is 1. The molecule has 7 nitrogen and oxygen atoms in total. The lowest BCUT2D eigenvalue weighted by Gasteiger charge is -2.27. The molecule has 1 N–H and O–H groups in total. The van der Waals surface area contributed by atoms with Crippen molar-refractivity contribution in [3.63, 3.8) is 0 Å². The van der Waals surface area contributed by atoms with Gasteiger partial charge in [-0.2, -0.15) is 0 Å². The smallest absolute Gasteiger partial charge is 0.326 e. The Morgan fingerprint density at radius 1 is 1.52 bits per heavy atom. The van der Waals surface area contributed by atoms with Crippen molar-refractivity contribution in [3.8, 4) is 0 Å². The average Bonchev–Trinajstić information content (AvgIpc) is 3.19. The van der Waals surface area contributed by atoms with Gasteiger partial charge in [0.2, 0.25) is 5.16 Å². The summed E-state index contributed by atoms with van der Waals surface area (Å²) in [5.41, 5.74) is -0.657. The van der Waals surface area contributed by atoms with Gasteiger partial charge in [-0.25, -0.2) is 4.68 Å². The summed E-state index contributed by atoms with van der Waals surface area (Å²) >= 11 is 1.59. The minimum absolute atomic E-state index is 0.200. The molecule has 1 aliphatic carbocycles. The predicted octanol–water partition coefficient (Wildman–Crippen LogP) is 1.42. The standard InChI is InChI=1S/C13H23N5O2S/c1-4-14-13(3,11(19)20-5-2)8-9-21-12-15-16-17-18(12)10-6-7-10/h10,14H,4-9H2,1-3H3. The van der Waals surface area contributed by atoms with E-state index in [2.05, 4.69) is 20.8 Å². The topological polar surface area (TPSA) is 81.9 Å². The first-order chi connectivity index (χ1) is 10.1. The van der Waals surface area contributed by atoms with Crippen LogP contribution in [0.15, 0.2) is 5.16 Å². The van der Waals surface area contributed by atoms with Gasteiger partial charge in [-0.3, -0.25) is 4.79 Å². The zero-order valence-electron chi connectivity index (χ0n) is 12.8. The number of tetrazole rings is 1. The average molecular weight is 313 g/mol. The quantitative estimate of drug-likeness (QED) is 0.545. The van der Waals surface area contributed by atoms with E-state index >= 15 is 0 Å². The van der Waals surface area contributed by atoms with Gasteiger partial charge < -0.3 is 10.1 Å². The third-order valence-corrected chi connectivity index (χ3v) is 4.42. The lowest BCUT2D eigenvalue weighted by Crippen LogP contribution is -2.50. The molecule has 0 saturated heterocycles. The van der Waals surface area contributed by atoms with Gasteiger partial charge in [-0.15, -0.1) is 5.10 Å². The number of rotatable bonds is 9. The van der Waals surface area contributed by atoms with E-state index < -0.39 is 5.54 Å². The van der Waals surface area contributed by atoms with Crippen LogP contribution in [0, 0.1) is 0 Å². The van der Waals surface area contributed by atoms with Crippen molar-refractivity contribution in [3.05, 3.63) is 0 Å². The van der Waals surface area contributed by atoms with E-state index in [9.17, 15) is 4.79 Å². The van der Waals surface area contributed by atoms with Crippen molar-refractivity contribution in [1.29, 1.82) is 0 Å². The van der Waals surface area contributed by atoms with Crippen molar-refractivity contribution in [2.24, 2.45) is 0 Å². The molecule has 0 amide bonds. The first-order valence-corrected chi connectivity index (χ1v) is 8.42. The Labute approximate surface area is 129 Å². The maximum atomic E-state index is 12.1. The number of hydrogen-bond acceptors (Lipinski definition) is 7. The summed E-state index contributed by atoms with van der Waals surface area (Å²) in [5.74, 6) is 0.560. The fourth-order valence-corrected chi connectivity index (χ4v) is 3.22. The molecular weight excluding hydrogens is 290 g/mol. The lowest BCUT2D eigenvalue weighted by molar-refractivity contribution is -0.150. The largest absolute Gasteiger partial charge is 0.465 e. The molecule has 2 rings (SSSR count). The minimum atomic E-state index is -0.657. The van der Waals surface area contributed by atoms with Crippen molar-refractivity contribution in [1.82, 2.24) is 25.5 Å². The van der Waals surface area contributed by atoms with Crippen LogP contribution in [-0.4, -0.2) is 50.6 Å². The molecule has 21 heavy (non-hydrogen) atoms. The molecule has 0 radical (unpaired) electrons. The van der Waals surface area contributed by atoms with Gasteiger partial charge in [0.1, 0.15) is 5.54 Å². The second-order valence-electron chi connectivity index (χ2n) is 5.32. The number of carbonyl (C=O) groups excluding carboxylic acids is 1. The van der Waals surface area contributed by atoms with E-state index in [1.165, 1.54) is 0 Å². The first kappa shape index (κ1) is 16.2. The minimum Gasteiger partial charge on any atom is -0.465 e. The summed E-state index contributed by atoms with van der Waals surface area (Å²) in [6.07, 6.45) is 2.97. The SMILES string of the molecule is CCNC(C)(CCSc1nnnn1C1CC1)C(=O)OCC. The number of nitrogens with one attached hydrogen (secondary N) is 1. The summed E-state index contributed by atoms with van der Waals surface area (Å²) in [5, 5.41) is 15.9. The van der Waals surface area contributed by atoms with E-state index in [0.717, 1.165) is 30.3 Å². The van der Waals surface area contributed by atoms with E-state index in [1.54, 1.807) is 11.8 Å². The van der Waals surface area contributed by atoms with Gasteiger partial charge in [0.15, 0.2) is 0 Å². The molecule has 1 aromatic heterocycles. The molecule has 8 heteroatoms. The fraction of sp³-hybridized carbons (Fsp3) is 0.846. The van der Waals surface area contributed by atoms with Crippen LogP contribution in [0.3, 0.4) is 0 Å². The molecule has 1 saturated carbocycles. The van der Waals surface area contributed by atoms with E-state index in [1.807, 2.05) is 25.5 Å². The second-order valence-corrected chi connectivity index (χ2v) is 6.38. The van der Waals surface area contributed by atoms with Gasteiger partial charge >= 0.3 is 5.97 Å². The summed E-state index contributed by atoms with van der Waals surface area (Å²) in [4.78, 5) is 12.1. The van der Waals surface area contributed by atoms with Crippen LogP contribution in [0.4, 0.5) is 0 Å². The Bertz CT molecular complexity index is 477. The van der Waals surface area contributed by atoms with Crippen molar-refractivity contribution >= 4 is 17.7 Å².